The summed E-state index contributed by atoms with van der Waals surface area (Å²) in [5, 5.41) is 15.2. The number of aromatic hydroxyl groups is 1. The fourth-order valence-electron chi connectivity index (χ4n) is 1.54. The van der Waals surface area contributed by atoms with Crippen molar-refractivity contribution in [3.63, 3.8) is 0 Å². The zero-order valence-electron chi connectivity index (χ0n) is 10.5. The number of nitrogens with one attached hydrogen (secondary N) is 1. The number of halogens is 1. The smallest absolute Gasteiger partial charge is 0.252 e. The van der Waals surface area contributed by atoms with Crippen molar-refractivity contribution in [2.45, 2.75) is 0 Å². The van der Waals surface area contributed by atoms with Crippen molar-refractivity contribution in [3.8, 4) is 17.0 Å². The van der Waals surface area contributed by atoms with Crippen LogP contribution in [-0.4, -0.2) is 22.5 Å². The minimum absolute atomic E-state index is 0. The number of primary amides is 1. The van der Waals surface area contributed by atoms with Crippen molar-refractivity contribution in [2.75, 3.05) is 11.9 Å². The first kappa shape index (κ1) is 16.0. The molecule has 1 aromatic heterocycles. The van der Waals surface area contributed by atoms with Crippen molar-refractivity contribution in [3.05, 3.63) is 41.8 Å². The van der Waals surface area contributed by atoms with Crippen molar-refractivity contribution in [1.82, 2.24) is 4.98 Å². The maximum absolute atomic E-state index is 11.2. The molecule has 0 radical (unpaired) electrons. The van der Waals surface area contributed by atoms with Gasteiger partial charge < -0.3 is 28.6 Å². The third-order valence-corrected chi connectivity index (χ3v) is 3.26. The van der Waals surface area contributed by atoms with Gasteiger partial charge in [-0.3, -0.25) is 4.79 Å². The van der Waals surface area contributed by atoms with Crippen molar-refractivity contribution < 1.29 is 22.3 Å². The van der Waals surface area contributed by atoms with Gasteiger partial charge in [0.2, 0.25) is 0 Å². The van der Waals surface area contributed by atoms with E-state index in [1.54, 1.807) is 12.1 Å². The minimum atomic E-state index is -0.667. The largest absolute Gasteiger partial charge is 1.00 e. The summed E-state index contributed by atoms with van der Waals surface area (Å²) in [7, 11) is 0. The van der Waals surface area contributed by atoms with Gasteiger partial charge in [0.15, 0.2) is 5.13 Å². The molecule has 1 amide bonds. The van der Waals surface area contributed by atoms with Crippen molar-refractivity contribution in [1.29, 1.82) is 0 Å². The summed E-state index contributed by atoms with van der Waals surface area (Å²) in [6, 6.07) is 4.66. The maximum Gasteiger partial charge on any atom is 0.252 e. The van der Waals surface area contributed by atoms with Gasteiger partial charge >= 0.3 is 0 Å². The Morgan fingerprint density at radius 3 is 2.95 bits per heavy atom. The molecule has 4 N–H and O–H groups in total. The van der Waals surface area contributed by atoms with E-state index in [4.69, 9.17) is 5.73 Å². The van der Waals surface area contributed by atoms with Crippen LogP contribution in [0.25, 0.3) is 11.3 Å². The van der Waals surface area contributed by atoms with Gasteiger partial charge in [-0.25, -0.2) is 4.98 Å². The molecule has 0 aliphatic heterocycles. The van der Waals surface area contributed by atoms with Gasteiger partial charge in [0, 0.05) is 17.5 Å². The third-order valence-electron chi connectivity index (χ3n) is 2.46. The van der Waals surface area contributed by atoms with Gasteiger partial charge in [0.25, 0.3) is 5.91 Å². The van der Waals surface area contributed by atoms with Crippen molar-refractivity contribution >= 4 is 22.4 Å². The van der Waals surface area contributed by atoms with Crippen LogP contribution < -0.4 is 23.5 Å². The summed E-state index contributed by atoms with van der Waals surface area (Å²) in [6.45, 7) is 4.25. The molecule has 106 valence electrons. The summed E-state index contributed by atoms with van der Waals surface area (Å²) in [5.41, 5.74) is 6.73. The Kier molecular flexibility index (Phi) is 5.54. The summed E-state index contributed by atoms with van der Waals surface area (Å²) in [6.07, 6.45) is 1.74. The van der Waals surface area contributed by atoms with Gasteiger partial charge in [0.1, 0.15) is 5.75 Å². The fourth-order valence-corrected chi connectivity index (χ4v) is 2.27. The average molecular weight is 311 g/mol. The number of rotatable bonds is 5. The number of thiazole rings is 1. The highest BCUT2D eigenvalue weighted by Gasteiger charge is 2.11. The lowest BCUT2D eigenvalue weighted by Gasteiger charge is -2.03. The fraction of sp³-hybridized carbons (Fsp3) is 0.0769. The number of carbonyl (C=O) groups is 1. The molecule has 0 bridgehead atoms. The summed E-state index contributed by atoms with van der Waals surface area (Å²) < 4.78 is 0. The minimum Gasteiger partial charge on any atom is -1.00 e. The van der Waals surface area contributed by atoms with E-state index in [9.17, 15) is 9.90 Å². The van der Waals surface area contributed by atoms with E-state index < -0.39 is 5.91 Å². The monoisotopic (exact) mass is 310 g/mol. The van der Waals surface area contributed by atoms with Crippen LogP contribution in [0.3, 0.4) is 0 Å². The molecule has 1 aromatic carbocycles. The molecule has 20 heavy (non-hydrogen) atoms. The number of anilines is 1. The highest BCUT2D eigenvalue weighted by Crippen LogP contribution is 2.28. The van der Waals surface area contributed by atoms with E-state index in [2.05, 4.69) is 16.9 Å². The number of benzene rings is 1. The van der Waals surface area contributed by atoms with Gasteiger partial charge in [-0.1, -0.05) is 6.08 Å². The summed E-state index contributed by atoms with van der Waals surface area (Å²) >= 11 is 1.45. The lowest BCUT2D eigenvalue weighted by Crippen LogP contribution is -3.00. The number of nitrogens with two attached hydrogens (primary N) is 1. The second kappa shape index (κ2) is 6.93. The molecule has 0 atom stereocenters. The van der Waals surface area contributed by atoms with Crippen LogP contribution in [0, 0.1) is 0 Å². The standard InChI is InChI=1S/C13H13N3O2S.ClH/c1-2-5-15-13-16-10(7-19-13)8-3-4-11(17)9(6-8)12(14)18;/h2-4,6-7,17H,1,5H2,(H2,14,18)(H,15,16);1H/p-1. The number of aromatic nitrogens is 1. The molecule has 0 saturated heterocycles. The summed E-state index contributed by atoms with van der Waals surface area (Å²) in [4.78, 5) is 15.5. The van der Waals surface area contributed by atoms with Crippen LogP contribution >= 0.6 is 11.3 Å². The number of carbonyl (C=O) groups excluding carboxylic acids is 1. The molecule has 0 spiro atoms. The first-order valence-electron chi connectivity index (χ1n) is 5.55. The Bertz CT molecular complexity index is 628. The predicted octanol–water partition coefficient (Wildman–Crippen LogP) is -0.784. The number of amides is 1. The van der Waals surface area contributed by atoms with Crippen LogP contribution in [0.2, 0.25) is 0 Å². The zero-order valence-corrected chi connectivity index (χ0v) is 12.0. The molecule has 7 heteroatoms. The van der Waals surface area contributed by atoms with Gasteiger partial charge in [-0.05, 0) is 18.2 Å². The number of hydrogen-bond acceptors (Lipinski definition) is 5. The average Bonchev–Trinajstić information content (AvgIpc) is 2.85. The Balaban J connectivity index is 0.00000200. The second-order valence-corrected chi connectivity index (χ2v) is 4.66. The Morgan fingerprint density at radius 2 is 2.30 bits per heavy atom. The van der Waals surface area contributed by atoms with Crippen LogP contribution in [-0.2, 0) is 0 Å². The molecule has 2 rings (SSSR count). The van der Waals surface area contributed by atoms with E-state index in [0.717, 1.165) is 16.4 Å². The van der Waals surface area contributed by atoms with Crippen LogP contribution in [0.15, 0.2) is 36.2 Å². The Morgan fingerprint density at radius 1 is 1.55 bits per heavy atom. The molecule has 1 heterocycles. The third kappa shape index (κ3) is 3.49. The molecule has 5 nitrogen and oxygen atoms in total. The van der Waals surface area contributed by atoms with E-state index in [1.165, 1.54) is 23.5 Å². The number of hydrogen-bond donors (Lipinski definition) is 3. The Hall–Kier alpha value is -2.05. The predicted molar refractivity (Wildman–Crippen MR) is 76.4 cm³/mol. The molecule has 0 aliphatic carbocycles. The molecule has 0 fully saturated rings. The Labute approximate surface area is 126 Å². The topological polar surface area (TPSA) is 88.2 Å². The van der Waals surface area contributed by atoms with Crippen molar-refractivity contribution in [2.24, 2.45) is 5.73 Å². The van der Waals surface area contributed by atoms with Crippen LogP contribution in [0.4, 0.5) is 5.13 Å². The van der Waals surface area contributed by atoms with Gasteiger partial charge in [0.05, 0.1) is 11.3 Å². The lowest BCUT2D eigenvalue weighted by atomic mass is 10.1. The summed E-state index contributed by atoms with van der Waals surface area (Å²) in [5.74, 6) is -0.795. The second-order valence-electron chi connectivity index (χ2n) is 3.80. The number of nitrogens with zero attached hydrogens (tertiary/aromatic N) is 1. The van der Waals surface area contributed by atoms with E-state index in [1.807, 2.05) is 5.38 Å². The normalized spacial score (nSPS) is 9.60. The van der Waals surface area contributed by atoms with Crippen LogP contribution in [0.1, 0.15) is 10.4 Å². The molecular weight excluding hydrogens is 298 g/mol. The molecule has 0 unspecified atom stereocenters. The van der Waals surface area contributed by atoms with Crippen LogP contribution in [0.5, 0.6) is 5.75 Å². The van der Waals surface area contributed by atoms with E-state index in [0.29, 0.717) is 6.54 Å². The first-order valence-corrected chi connectivity index (χ1v) is 6.43. The quantitative estimate of drug-likeness (QED) is 0.632. The molecule has 0 saturated carbocycles. The van der Waals surface area contributed by atoms with E-state index >= 15 is 0 Å². The SMILES string of the molecule is C=CCNc1nc(-c2ccc(O)c(C(N)=O)c2)cs1.[Cl-]. The van der Waals surface area contributed by atoms with E-state index in [-0.39, 0.29) is 23.7 Å². The lowest BCUT2D eigenvalue weighted by molar-refractivity contribution is -0.0000134. The first-order chi connectivity index (χ1) is 9.11. The highest BCUT2D eigenvalue weighted by atomic mass is 35.5. The zero-order chi connectivity index (χ0) is 13.8. The van der Waals surface area contributed by atoms with Gasteiger partial charge in [-0.2, -0.15) is 0 Å². The highest BCUT2D eigenvalue weighted by molar-refractivity contribution is 7.14. The van der Waals surface area contributed by atoms with Gasteiger partial charge in [-0.15, -0.1) is 17.9 Å². The molecule has 2 aromatic rings. The maximum atomic E-state index is 11.2. The molecule has 0 aliphatic rings. The molecular formula is C13H13ClN3O2S-. The number of phenols is 1.